The standard InChI is InChI=1S/C9H21NO6S2.2Na/c1-3-4-5-6-7-8-9(2)10(17(11,12)13)18(14,15)16;;/h9H,3-8H2,1-2H3,(H,11,12,13)(H,14,15,16);;/q;2*+1/p-2. The van der Waals surface area contributed by atoms with Crippen molar-refractivity contribution in [2.24, 2.45) is 0 Å². The molecule has 0 bridgehead atoms. The van der Waals surface area contributed by atoms with Crippen LogP contribution in [0.15, 0.2) is 0 Å². The Balaban J connectivity index is -0.00000144. The Morgan fingerprint density at radius 3 is 1.65 bits per heavy atom. The Morgan fingerprint density at radius 2 is 1.30 bits per heavy atom. The van der Waals surface area contributed by atoms with Crippen LogP contribution in [-0.2, 0) is 20.6 Å². The van der Waals surface area contributed by atoms with E-state index in [4.69, 9.17) is 0 Å². The first-order valence-electron chi connectivity index (χ1n) is 5.82. The predicted octanol–water partition coefficient (Wildman–Crippen LogP) is -5.03. The van der Waals surface area contributed by atoms with Gasteiger partial charge in [-0.2, -0.15) is 0 Å². The molecule has 0 radical (unpaired) electrons. The summed E-state index contributed by atoms with van der Waals surface area (Å²) in [6.45, 7) is 3.28. The van der Waals surface area contributed by atoms with Crippen LogP contribution in [0.4, 0.5) is 0 Å². The van der Waals surface area contributed by atoms with Crippen LogP contribution >= 0.6 is 0 Å². The molecule has 0 saturated heterocycles. The first kappa shape index (κ1) is 26.7. The molecule has 110 valence electrons. The molecule has 0 aliphatic carbocycles. The van der Waals surface area contributed by atoms with E-state index in [1.165, 1.54) is 6.92 Å². The smallest absolute Gasteiger partial charge is 0.735 e. The third kappa shape index (κ3) is 11.4. The van der Waals surface area contributed by atoms with Crippen LogP contribution < -0.4 is 59.1 Å². The van der Waals surface area contributed by atoms with Gasteiger partial charge < -0.3 is 9.11 Å². The van der Waals surface area contributed by atoms with Gasteiger partial charge in [-0.25, -0.2) is 16.8 Å². The van der Waals surface area contributed by atoms with Crippen LogP contribution in [0.5, 0.6) is 0 Å². The fourth-order valence-electron chi connectivity index (χ4n) is 1.70. The molecule has 1 unspecified atom stereocenters. The summed E-state index contributed by atoms with van der Waals surface area (Å²) in [7, 11) is -10.6. The molecule has 7 nitrogen and oxygen atoms in total. The van der Waals surface area contributed by atoms with Gasteiger partial charge in [0.25, 0.3) is 0 Å². The van der Waals surface area contributed by atoms with Crippen molar-refractivity contribution >= 4 is 20.6 Å². The van der Waals surface area contributed by atoms with Crippen LogP contribution in [0.1, 0.15) is 52.4 Å². The molecule has 0 aromatic carbocycles. The van der Waals surface area contributed by atoms with Gasteiger partial charge in [-0.15, -0.1) is 3.71 Å². The van der Waals surface area contributed by atoms with E-state index in [1.807, 2.05) is 6.92 Å². The number of unbranched alkanes of at least 4 members (excludes halogenated alkanes) is 4. The van der Waals surface area contributed by atoms with E-state index < -0.39 is 30.4 Å². The summed E-state index contributed by atoms with van der Waals surface area (Å²) >= 11 is 0. The zero-order valence-corrected chi connectivity index (χ0v) is 18.2. The average molecular weight is 347 g/mol. The van der Waals surface area contributed by atoms with Crippen molar-refractivity contribution in [2.75, 3.05) is 0 Å². The zero-order chi connectivity index (χ0) is 14.4. The number of hydrogen-bond donors (Lipinski definition) is 0. The minimum Gasteiger partial charge on any atom is -0.735 e. The molecule has 20 heavy (non-hydrogen) atoms. The summed E-state index contributed by atoms with van der Waals surface area (Å²) in [5.41, 5.74) is 0. The summed E-state index contributed by atoms with van der Waals surface area (Å²) in [6.07, 6.45) is 4.60. The van der Waals surface area contributed by atoms with Gasteiger partial charge in [-0.05, 0) is 13.3 Å². The van der Waals surface area contributed by atoms with Crippen molar-refractivity contribution in [3.05, 3.63) is 0 Å². The minimum absolute atomic E-state index is 0. The molecule has 0 spiro atoms. The van der Waals surface area contributed by atoms with Gasteiger partial charge in [0.05, 0.1) is 0 Å². The van der Waals surface area contributed by atoms with Crippen molar-refractivity contribution < 1.29 is 85.1 Å². The van der Waals surface area contributed by atoms with Crippen LogP contribution in [-0.4, -0.2) is 35.7 Å². The molecule has 1 atom stereocenters. The monoisotopic (exact) mass is 347 g/mol. The molecule has 0 rings (SSSR count). The maximum absolute atomic E-state index is 10.7. The normalized spacial score (nSPS) is 13.4. The molecule has 0 aliphatic rings. The van der Waals surface area contributed by atoms with Crippen molar-refractivity contribution in [3.63, 3.8) is 0 Å². The van der Waals surface area contributed by atoms with Crippen LogP contribution in [0.25, 0.3) is 0 Å². The number of rotatable bonds is 9. The summed E-state index contributed by atoms with van der Waals surface area (Å²) in [5, 5.41) is 0. The van der Waals surface area contributed by atoms with Crippen LogP contribution in [0, 0.1) is 0 Å². The molecule has 0 saturated carbocycles. The Labute approximate surface area is 166 Å². The van der Waals surface area contributed by atoms with Gasteiger partial charge in [0, 0.05) is 6.04 Å². The second-order valence-corrected chi connectivity index (χ2v) is 6.92. The summed E-state index contributed by atoms with van der Waals surface area (Å²) in [4.78, 5) is 0. The maximum Gasteiger partial charge on any atom is 1.00 e. The first-order valence-corrected chi connectivity index (χ1v) is 8.55. The van der Waals surface area contributed by atoms with E-state index in [9.17, 15) is 25.9 Å². The third-order valence-corrected chi connectivity index (χ3v) is 5.22. The molecule has 0 amide bonds. The molecule has 0 aromatic rings. The molecule has 11 heteroatoms. The van der Waals surface area contributed by atoms with Crippen LogP contribution in [0.2, 0.25) is 0 Å². The van der Waals surface area contributed by atoms with Gasteiger partial charge in [-0.1, -0.05) is 39.0 Å². The second-order valence-electron chi connectivity index (χ2n) is 4.19. The van der Waals surface area contributed by atoms with Gasteiger partial charge >= 0.3 is 59.1 Å². The van der Waals surface area contributed by atoms with Crippen molar-refractivity contribution in [3.8, 4) is 0 Å². The van der Waals surface area contributed by atoms with E-state index in [0.717, 1.165) is 25.7 Å². The van der Waals surface area contributed by atoms with Crippen molar-refractivity contribution in [2.45, 2.75) is 58.4 Å². The summed E-state index contributed by atoms with van der Waals surface area (Å²) in [5.74, 6) is 0. The van der Waals surface area contributed by atoms with E-state index in [0.29, 0.717) is 6.42 Å². The SMILES string of the molecule is CCCCCCCC(C)N(S(=O)(=O)[O-])S(=O)(=O)[O-].[Na+].[Na+]. The molecule has 0 fully saturated rings. The average Bonchev–Trinajstić information content (AvgIpc) is 2.12. The first-order chi connectivity index (χ1) is 8.10. The Hall–Kier alpha value is 1.78. The van der Waals surface area contributed by atoms with Crippen LogP contribution in [0.3, 0.4) is 0 Å². The fourth-order valence-corrected chi connectivity index (χ4v) is 3.69. The van der Waals surface area contributed by atoms with E-state index >= 15 is 0 Å². The topological polar surface area (TPSA) is 118 Å². The molecule has 0 aromatic heterocycles. The Morgan fingerprint density at radius 1 is 0.900 bits per heavy atom. The fraction of sp³-hybridized carbons (Fsp3) is 1.00. The maximum atomic E-state index is 10.7. The minimum atomic E-state index is -5.29. The van der Waals surface area contributed by atoms with Gasteiger partial charge in [0.15, 0.2) is 20.6 Å². The number of hydrogen-bond acceptors (Lipinski definition) is 6. The van der Waals surface area contributed by atoms with Gasteiger partial charge in [0.2, 0.25) is 0 Å². The Bertz CT molecular complexity index is 407. The van der Waals surface area contributed by atoms with Crippen molar-refractivity contribution in [1.29, 1.82) is 0 Å². The van der Waals surface area contributed by atoms with Crippen molar-refractivity contribution in [1.82, 2.24) is 3.71 Å². The molecule has 0 heterocycles. The third-order valence-electron chi connectivity index (χ3n) is 2.53. The summed E-state index contributed by atoms with van der Waals surface area (Å²) in [6, 6.07) is -1.13. The quantitative estimate of drug-likeness (QED) is 0.234. The largest absolute Gasteiger partial charge is 1.00 e. The van der Waals surface area contributed by atoms with E-state index in [1.54, 1.807) is 0 Å². The van der Waals surface area contributed by atoms with E-state index in [2.05, 4.69) is 0 Å². The molecular formula is C9H19NNa2O6S2. The van der Waals surface area contributed by atoms with Gasteiger partial charge in [-0.3, -0.25) is 0 Å². The molecule has 0 aliphatic heterocycles. The van der Waals surface area contributed by atoms with Gasteiger partial charge in [0.1, 0.15) is 0 Å². The second kappa shape index (κ2) is 12.2. The Kier molecular flexibility index (Phi) is 16.3. The predicted molar refractivity (Wildman–Crippen MR) is 64.1 cm³/mol. The summed E-state index contributed by atoms with van der Waals surface area (Å²) < 4.78 is 64.0. The van der Waals surface area contributed by atoms with E-state index in [-0.39, 0.29) is 65.5 Å². The molecular weight excluding hydrogens is 328 g/mol. The molecule has 0 N–H and O–H groups in total. The number of nitrogens with zero attached hydrogens (tertiary/aromatic N) is 1. The zero-order valence-electron chi connectivity index (χ0n) is 12.5.